The van der Waals surface area contributed by atoms with Crippen LogP contribution in [0.3, 0.4) is 0 Å². The molecule has 2 aliphatic rings. The van der Waals surface area contributed by atoms with Gasteiger partial charge in [-0.2, -0.15) is 0 Å². The zero-order chi connectivity index (χ0) is 21.7. The predicted molar refractivity (Wildman–Crippen MR) is 119 cm³/mol. The van der Waals surface area contributed by atoms with Crippen LogP contribution in [0.15, 0.2) is 30.5 Å². The van der Waals surface area contributed by atoms with Gasteiger partial charge >= 0.3 is 0 Å². The first-order chi connectivity index (χ1) is 15.0. The summed E-state index contributed by atoms with van der Waals surface area (Å²) in [5.41, 5.74) is -0.0269. The number of piperidine rings is 1. The number of alkyl halides is 1. The first-order valence-electron chi connectivity index (χ1n) is 10.7. The Hall–Kier alpha value is -2.29. The first-order valence-corrected chi connectivity index (χ1v) is 11.1. The van der Waals surface area contributed by atoms with Crippen LogP contribution < -0.4 is 16.0 Å². The molecule has 0 bridgehead atoms. The Labute approximate surface area is 186 Å². The third kappa shape index (κ3) is 5.70. The predicted octanol–water partition coefficient (Wildman–Crippen LogP) is 3.67. The maximum Gasteiger partial charge on any atom is 0.229 e. The van der Waals surface area contributed by atoms with Crippen LogP contribution in [-0.4, -0.2) is 54.4 Å². The van der Waals surface area contributed by atoms with E-state index in [-0.39, 0.29) is 18.4 Å². The van der Waals surface area contributed by atoms with E-state index in [9.17, 15) is 9.18 Å². The quantitative estimate of drug-likeness (QED) is 0.626. The number of nitrogens with zero attached hydrogens (tertiary/aromatic N) is 2. The zero-order valence-electron chi connectivity index (χ0n) is 17.3. The number of carbonyl (C=O) groups excluding carboxylic acids is 1. The number of nitrogens with one attached hydrogen (secondary N) is 3. The van der Waals surface area contributed by atoms with Crippen molar-refractivity contribution < 1.29 is 13.9 Å². The fourth-order valence-corrected chi connectivity index (χ4v) is 4.05. The summed E-state index contributed by atoms with van der Waals surface area (Å²) in [4.78, 5) is 21.4. The summed E-state index contributed by atoms with van der Waals surface area (Å²) < 4.78 is 20.1. The Morgan fingerprint density at radius 1 is 1.32 bits per heavy atom. The third-order valence-electron chi connectivity index (χ3n) is 5.77. The number of halogens is 2. The van der Waals surface area contributed by atoms with Crippen LogP contribution in [0, 0.1) is 5.92 Å². The highest BCUT2D eigenvalue weighted by Crippen LogP contribution is 2.30. The number of ether oxygens (including phenoxy) is 1. The number of carbonyl (C=O) groups is 1. The number of rotatable bonds is 6. The van der Waals surface area contributed by atoms with Crippen molar-refractivity contribution in [1.29, 1.82) is 0 Å². The molecule has 1 amide bonds. The standard InChI is InChI=1S/C22H27ClFN5O2/c23-17-13-26-20(29-21(30)15-3-2-8-25-12-15)11-16(17)18-4-1-5-19(28-18)27-14-22(24)6-9-31-10-7-22/h1,4-5,11,13,15,25H,2-3,6-10,12,14H2,(H,27,28)(H,26,29,30). The number of hydrogen-bond acceptors (Lipinski definition) is 6. The number of hydrogen-bond donors (Lipinski definition) is 3. The summed E-state index contributed by atoms with van der Waals surface area (Å²) in [5.74, 6) is 0.868. The summed E-state index contributed by atoms with van der Waals surface area (Å²) in [6.45, 7) is 2.66. The van der Waals surface area contributed by atoms with E-state index in [1.807, 2.05) is 12.1 Å². The molecular formula is C22H27ClFN5O2. The summed E-state index contributed by atoms with van der Waals surface area (Å²) >= 11 is 6.37. The molecule has 2 fully saturated rings. The van der Waals surface area contributed by atoms with E-state index in [0.717, 1.165) is 19.4 Å². The van der Waals surface area contributed by atoms with Crippen molar-refractivity contribution in [3.63, 3.8) is 0 Å². The third-order valence-corrected chi connectivity index (χ3v) is 6.08. The fraction of sp³-hybridized carbons (Fsp3) is 0.500. The van der Waals surface area contributed by atoms with Gasteiger partial charge in [-0.25, -0.2) is 14.4 Å². The Morgan fingerprint density at radius 3 is 2.94 bits per heavy atom. The summed E-state index contributed by atoms with van der Waals surface area (Å²) in [6.07, 6.45) is 4.09. The Morgan fingerprint density at radius 2 is 2.16 bits per heavy atom. The van der Waals surface area contributed by atoms with E-state index in [4.69, 9.17) is 16.3 Å². The van der Waals surface area contributed by atoms with E-state index in [1.165, 1.54) is 6.20 Å². The molecule has 0 aliphatic carbocycles. The molecule has 31 heavy (non-hydrogen) atoms. The number of anilines is 2. The SMILES string of the molecule is O=C(Nc1cc(-c2cccc(NCC3(F)CCOCC3)n2)c(Cl)cn1)C1CCCNC1. The van der Waals surface area contributed by atoms with Crippen LogP contribution in [0.2, 0.25) is 5.02 Å². The maximum atomic E-state index is 14.8. The van der Waals surface area contributed by atoms with Crippen molar-refractivity contribution in [2.75, 3.05) is 43.5 Å². The Balaban J connectivity index is 1.46. The largest absolute Gasteiger partial charge is 0.381 e. The minimum Gasteiger partial charge on any atom is -0.381 e. The van der Waals surface area contributed by atoms with Gasteiger partial charge in [-0.05, 0) is 37.6 Å². The molecule has 2 saturated heterocycles. The van der Waals surface area contributed by atoms with Crippen molar-refractivity contribution in [3.05, 3.63) is 35.5 Å². The summed E-state index contributed by atoms with van der Waals surface area (Å²) in [6, 6.07) is 7.17. The molecule has 166 valence electrons. The van der Waals surface area contributed by atoms with Gasteiger partial charge in [0, 0.05) is 44.4 Å². The van der Waals surface area contributed by atoms with Crippen molar-refractivity contribution in [3.8, 4) is 11.3 Å². The van der Waals surface area contributed by atoms with Gasteiger partial charge in [-0.15, -0.1) is 0 Å². The van der Waals surface area contributed by atoms with E-state index >= 15 is 0 Å². The molecule has 1 atom stereocenters. The molecule has 9 heteroatoms. The smallest absolute Gasteiger partial charge is 0.229 e. The normalized spacial score (nSPS) is 20.8. The number of aromatic nitrogens is 2. The molecule has 3 N–H and O–H groups in total. The second kappa shape index (κ2) is 9.89. The lowest BCUT2D eigenvalue weighted by atomic mass is 9.96. The lowest BCUT2D eigenvalue weighted by Gasteiger charge is -2.29. The van der Waals surface area contributed by atoms with Crippen LogP contribution in [-0.2, 0) is 9.53 Å². The van der Waals surface area contributed by atoms with Crippen molar-refractivity contribution in [2.45, 2.75) is 31.4 Å². The van der Waals surface area contributed by atoms with Gasteiger partial charge in [0.05, 0.1) is 23.2 Å². The van der Waals surface area contributed by atoms with Crippen molar-refractivity contribution >= 4 is 29.1 Å². The molecule has 4 heterocycles. The number of amides is 1. The molecule has 4 rings (SSSR count). The Bertz CT molecular complexity index is 917. The minimum absolute atomic E-state index is 0.0546. The molecule has 0 aromatic carbocycles. The highest BCUT2D eigenvalue weighted by atomic mass is 35.5. The summed E-state index contributed by atoms with van der Waals surface area (Å²) in [5, 5.41) is 9.64. The van der Waals surface area contributed by atoms with Crippen LogP contribution in [0.1, 0.15) is 25.7 Å². The molecule has 1 unspecified atom stereocenters. The van der Waals surface area contributed by atoms with Crippen LogP contribution in [0.5, 0.6) is 0 Å². The second-order valence-corrected chi connectivity index (χ2v) is 8.51. The maximum absolute atomic E-state index is 14.8. The molecule has 2 aliphatic heterocycles. The summed E-state index contributed by atoms with van der Waals surface area (Å²) in [7, 11) is 0. The van der Waals surface area contributed by atoms with Crippen molar-refractivity contribution in [2.24, 2.45) is 5.92 Å². The van der Waals surface area contributed by atoms with E-state index in [0.29, 0.717) is 60.5 Å². The monoisotopic (exact) mass is 447 g/mol. The molecule has 2 aromatic heterocycles. The van der Waals surface area contributed by atoms with Gasteiger partial charge in [0.25, 0.3) is 0 Å². The van der Waals surface area contributed by atoms with Gasteiger partial charge in [0.15, 0.2) is 0 Å². The van der Waals surface area contributed by atoms with Gasteiger partial charge in [-0.3, -0.25) is 4.79 Å². The van der Waals surface area contributed by atoms with E-state index < -0.39 is 5.67 Å². The lowest BCUT2D eigenvalue weighted by molar-refractivity contribution is -0.120. The molecule has 0 saturated carbocycles. The lowest BCUT2D eigenvalue weighted by Crippen LogP contribution is -2.38. The van der Waals surface area contributed by atoms with Crippen LogP contribution in [0.4, 0.5) is 16.0 Å². The van der Waals surface area contributed by atoms with Gasteiger partial charge in [0.1, 0.15) is 17.3 Å². The molecule has 2 aromatic rings. The molecule has 7 nitrogen and oxygen atoms in total. The average molecular weight is 448 g/mol. The molecule has 0 radical (unpaired) electrons. The fourth-order valence-electron chi connectivity index (χ4n) is 3.85. The minimum atomic E-state index is -1.30. The molecular weight excluding hydrogens is 421 g/mol. The highest BCUT2D eigenvalue weighted by Gasteiger charge is 2.32. The zero-order valence-corrected chi connectivity index (χ0v) is 18.1. The van der Waals surface area contributed by atoms with E-state index in [2.05, 4.69) is 25.9 Å². The van der Waals surface area contributed by atoms with Gasteiger partial charge < -0.3 is 20.7 Å². The van der Waals surface area contributed by atoms with E-state index in [1.54, 1.807) is 12.1 Å². The highest BCUT2D eigenvalue weighted by molar-refractivity contribution is 6.33. The van der Waals surface area contributed by atoms with Crippen LogP contribution in [0.25, 0.3) is 11.3 Å². The second-order valence-electron chi connectivity index (χ2n) is 8.11. The first kappa shape index (κ1) is 21.9. The van der Waals surface area contributed by atoms with Crippen LogP contribution >= 0.6 is 11.6 Å². The Kier molecular flexibility index (Phi) is 6.99. The van der Waals surface area contributed by atoms with Gasteiger partial charge in [0.2, 0.25) is 5.91 Å². The average Bonchev–Trinajstić information content (AvgIpc) is 2.80. The topological polar surface area (TPSA) is 88.2 Å². The van der Waals surface area contributed by atoms with Crippen molar-refractivity contribution in [1.82, 2.24) is 15.3 Å². The molecule has 0 spiro atoms. The number of pyridine rings is 2. The van der Waals surface area contributed by atoms with Gasteiger partial charge in [-0.1, -0.05) is 17.7 Å².